The molecule has 0 heterocycles. The lowest BCUT2D eigenvalue weighted by Crippen LogP contribution is -2.13. The van der Waals surface area contributed by atoms with Crippen molar-refractivity contribution in [2.75, 3.05) is 11.9 Å². The summed E-state index contributed by atoms with van der Waals surface area (Å²) in [6, 6.07) is 19.9. The minimum Gasteiger partial charge on any atom is -0.490 e. The number of benzene rings is 3. The maximum absolute atomic E-state index is 12.6. The van der Waals surface area contributed by atoms with Crippen molar-refractivity contribution in [1.82, 2.24) is 0 Å². The van der Waals surface area contributed by atoms with Crippen LogP contribution in [0, 0.1) is 11.3 Å². The lowest BCUT2D eigenvalue weighted by molar-refractivity contribution is -0.112. The van der Waals surface area contributed by atoms with Crippen molar-refractivity contribution < 1.29 is 14.3 Å². The number of amides is 1. The van der Waals surface area contributed by atoms with Crippen LogP contribution in [-0.4, -0.2) is 12.5 Å². The van der Waals surface area contributed by atoms with Gasteiger partial charge in [-0.05, 0) is 66.9 Å². The molecule has 0 unspecified atom stereocenters. The van der Waals surface area contributed by atoms with Gasteiger partial charge in [0.15, 0.2) is 11.5 Å². The van der Waals surface area contributed by atoms with E-state index in [9.17, 15) is 10.1 Å². The minimum atomic E-state index is -0.488. The molecule has 3 aromatic rings. The molecule has 0 fully saturated rings. The number of rotatable bonds is 9. The van der Waals surface area contributed by atoms with E-state index in [0.29, 0.717) is 45.0 Å². The Kier molecular flexibility index (Phi) is 8.98. The summed E-state index contributed by atoms with van der Waals surface area (Å²) < 4.78 is 11.6. The molecule has 0 aromatic heterocycles. The van der Waals surface area contributed by atoms with Crippen molar-refractivity contribution in [2.24, 2.45) is 0 Å². The van der Waals surface area contributed by atoms with Gasteiger partial charge in [0, 0.05) is 21.3 Å². The van der Waals surface area contributed by atoms with Gasteiger partial charge in [0.05, 0.1) is 6.61 Å². The van der Waals surface area contributed by atoms with E-state index in [4.69, 9.17) is 32.7 Å². The Morgan fingerprint density at radius 3 is 2.32 bits per heavy atom. The number of hydrogen-bond acceptors (Lipinski definition) is 4. The molecule has 3 aromatic carbocycles. The molecular formula is C27H24Cl2N2O3. The van der Waals surface area contributed by atoms with E-state index in [1.807, 2.05) is 37.3 Å². The number of anilines is 1. The van der Waals surface area contributed by atoms with Gasteiger partial charge in [0.2, 0.25) is 0 Å². The lowest BCUT2D eigenvalue weighted by atomic mass is 10.1. The van der Waals surface area contributed by atoms with Crippen molar-refractivity contribution in [1.29, 1.82) is 5.26 Å². The average molecular weight is 495 g/mol. The summed E-state index contributed by atoms with van der Waals surface area (Å²) in [5.74, 6) is 0.486. The van der Waals surface area contributed by atoms with Crippen LogP contribution < -0.4 is 14.8 Å². The van der Waals surface area contributed by atoms with Gasteiger partial charge in [0.1, 0.15) is 18.2 Å². The van der Waals surface area contributed by atoms with Crippen LogP contribution in [0.1, 0.15) is 30.5 Å². The number of carbonyl (C=O) groups is 1. The van der Waals surface area contributed by atoms with Crippen molar-refractivity contribution in [3.63, 3.8) is 0 Å². The standard InChI is InChI=1S/C27H24Cl2N2O3/c1-3-18-8-11-21(12-9-18)31-27(32)20(16-30)14-19-10-13-25(26(15-19)33-4-2)34-17-22-23(28)6-5-7-24(22)29/h5-15H,3-4,17H2,1-2H3,(H,31,32)/b20-14-. The van der Waals surface area contributed by atoms with E-state index in [1.54, 1.807) is 36.4 Å². The van der Waals surface area contributed by atoms with E-state index >= 15 is 0 Å². The third-order valence-corrected chi connectivity index (χ3v) is 5.71. The molecule has 174 valence electrons. The smallest absolute Gasteiger partial charge is 0.266 e. The largest absolute Gasteiger partial charge is 0.490 e. The summed E-state index contributed by atoms with van der Waals surface area (Å²) >= 11 is 12.5. The third-order valence-electron chi connectivity index (χ3n) is 5.00. The van der Waals surface area contributed by atoms with Gasteiger partial charge in [-0.15, -0.1) is 0 Å². The number of hydrogen-bond donors (Lipinski definition) is 1. The van der Waals surface area contributed by atoms with E-state index in [1.165, 1.54) is 6.08 Å². The van der Waals surface area contributed by atoms with Gasteiger partial charge in [-0.3, -0.25) is 4.79 Å². The second-order valence-electron chi connectivity index (χ2n) is 7.30. The van der Waals surface area contributed by atoms with Gasteiger partial charge < -0.3 is 14.8 Å². The molecular weight excluding hydrogens is 471 g/mol. The molecule has 0 saturated carbocycles. The van der Waals surface area contributed by atoms with Crippen LogP contribution >= 0.6 is 23.2 Å². The van der Waals surface area contributed by atoms with Gasteiger partial charge in [0.25, 0.3) is 5.91 Å². The zero-order valence-electron chi connectivity index (χ0n) is 18.9. The second-order valence-corrected chi connectivity index (χ2v) is 8.12. The van der Waals surface area contributed by atoms with Crippen molar-refractivity contribution in [2.45, 2.75) is 26.9 Å². The summed E-state index contributed by atoms with van der Waals surface area (Å²) in [6.07, 6.45) is 2.41. The van der Waals surface area contributed by atoms with Gasteiger partial charge in [-0.1, -0.05) is 54.4 Å². The minimum absolute atomic E-state index is 0.0291. The number of aryl methyl sites for hydroxylation is 1. The van der Waals surface area contributed by atoms with Crippen LogP contribution in [0.5, 0.6) is 11.5 Å². The lowest BCUT2D eigenvalue weighted by Gasteiger charge is -2.14. The quantitative estimate of drug-likeness (QED) is 0.254. The van der Waals surface area contributed by atoms with E-state index in [-0.39, 0.29) is 12.2 Å². The number of carbonyl (C=O) groups excluding carboxylic acids is 1. The van der Waals surface area contributed by atoms with Crippen LogP contribution in [0.2, 0.25) is 10.0 Å². The fraction of sp³-hybridized carbons (Fsp3) is 0.185. The molecule has 0 aliphatic carbocycles. The molecule has 0 atom stereocenters. The van der Waals surface area contributed by atoms with E-state index < -0.39 is 5.91 Å². The van der Waals surface area contributed by atoms with E-state index in [2.05, 4.69) is 12.2 Å². The molecule has 0 aliphatic rings. The highest BCUT2D eigenvalue weighted by Gasteiger charge is 2.13. The maximum atomic E-state index is 12.6. The highest BCUT2D eigenvalue weighted by atomic mass is 35.5. The summed E-state index contributed by atoms with van der Waals surface area (Å²) in [5.41, 5.74) is 3.06. The monoisotopic (exact) mass is 494 g/mol. The van der Waals surface area contributed by atoms with Crippen molar-refractivity contribution in [3.8, 4) is 17.6 Å². The van der Waals surface area contributed by atoms with Crippen LogP contribution in [0.15, 0.2) is 66.2 Å². The Morgan fingerprint density at radius 1 is 1.00 bits per heavy atom. The Hall–Kier alpha value is -3.46. The normalized spacial score (nSPS) is 11.0. The highest BCUT2D eigenvalue weighted by Crippen LogP contribution is 2.32. The number of nitriles is 1. The van der Waals surface area contributed by atoms with Crippen LogP contribution in [0.3, 0.4) is 0 Å². The zero-order valence-corrected chi connectivity index (χ0v) is 20.4. The fourth-order valence-electron chi connectivity index (χ4n) is 3.16. The Balaban J connectivity index is 1.79. The molecule has 0 spiro atoms. The van der Waals surface area contributed by atoms with Crippen LogP contribution in [-0.2, 0) is 17.8 Å². The number of ether oxygens (including phenoxy) is 2. The van der Waals surface area contributed by atoms with Crippen molar-refractivity contribution in [3.05, 3.63) is 93.0 Å². The topological polar surface area (TPSA) is 71.3 Å². The predicted molar refractivity (Wildman–Crippen MR) is 136 cm³/mol. The molecule has 5 nitrogen and oxygen atoms in total. The number of halogens is 2. The Bertz CT molecular complexity index is 1210. The number of nitrogens with one attached hydrogen (secondary N) is 1. The molecule has 0 aliphatic heterocycles. The molecule has 34 heavy (non-hydrogen) atoms. The van der Waals surface area contributed by atoms with E-state index in [0.717, 1.165) is 12.0 Å². The Morgan fingerprint density at radius 2 is 1.71 bits per heavy atom. The molecule has 0 bridgehead atoms. The Labute approximate surface area is 209 Å². The molecule has 3 rings (SSSR count). The second kappa shape index (κ2) is 12.1. The first kappa shape index (κ1) is 25.2. The first-order valence-corrected chi connectivity index (χ1v) is 11.5. The van der Waals surface area contributed by atoms with Crippen LogP contribution in [0.25, 0.3) is 6.08 Å². The van der Waals surface area contributed by atoms with Gasteiger partial charge in [-0.25, -0.2) is 0 Å². The maximum Gasteiger partial charge on any atom is 0.266 e. The number of nitrogens with zero attached hydrogens (tertiary/aromatic N) is 1. The first-order chi connectivity index (χ1) is 16.4. The zero-order chi connectivity index (χ0) is 24.5. The average Bonchev–Trinajstić information content (AvgIpc) is 2.83. The fourth-order valence-corrected chi connectivity index (χ4v) is 3.67. The van der Waals surface area contributed by atoms with Gasteiger partial charge in [-0.2, -0.15) is 5.26 Å². The van der Waals surface area contributed by atoms with Gasteiger partial charge >= 0.3 is 0 Å². The molecule has 7 heteroatoms. The summed E-state index contributed by atoms with van der Waals surface area (Å²) in [7, 11) is 0. The SMILES string of the molecule is CCOc1cc(/C=C(/C#N)C(=O)Nc2ccc(CC)cc2)ccc1OCc1c(Cl)cccc1Cl. The third kappa shape index (κ3) is 6.54. The molecule has 1 amide bonds. The molecule has 1 N–H and O–H groups in total. The van der Waals surface area contributed by atoms with Crippen LogP contribution in [0.4, 0.5) is 5.69 Å². The summed E-state index contributed by atoms with van der Waals surface area (Å²) in [6.45, 7) is 4.49. The molecule has 0 saturated heterocycles. The summed E-state index contributed by atoms with van der Waals surface area (Å²) in [4.78, 5) is 12.6. The first-order valence-electron chi connectivity index (χ1n) is 10.8. The summed E-state index contributed by atoms with van der Waals surface area (Å²) in [5, 5.41) is 13.3. The van der Waals surface area contributed by atoms with Crippen molar-refractivity contribution >= 4 is 40.9 Å². The predicted octanol–water partition coefficient (Wildman–Crippen LogP) is 7.08. The molecule has 0 radical (unpaired) electrons. The highest BCUT2D eigenvalue weighted by molar-refractivity contribution is 6.35.